The van der Waals surface area contributed by atoms with E-state index in [4.69, 9.17) is 11.5 Å². The second-order valence-electron chi connectivity index (χ2n) is 10.3. The molecule has 1 rings (SSSR count). The van der Waals surface area contributed by atoms with E-state index < -0.39 is 84.6 Å². The summed E-state index contributed by atoms with van der Waals surface area (Å²) in [6, 6.07) is 2.99. The highest BCUT2D eigenvalue weighted by Crippen LogP contribution is 2.06. The molecule has 15 nitrogen and oxygen atoms in total. The molecule has 0 aliphatic heterocycles. The summed E-state index contributed by atoms with van der Waals surface area (Å²) in [6.45, 7) is 5.80. The van der Waals surface area contributed by atoms with E-state index in [1.165, 1.54) is 13.8 Å². The number of carbonyl (C=O) groups is 7. The van der Waals surface area contributed by atoms with E-state index >= 15 is 0 Å². The van der Waals surface area contributed by atoms with Gasteiger partial charge in [0.15, 0.2) is 0 Å². The molecule has 15 heteroatoms. The van der Waals surface area contributed by atoms with Gasteiger partial charge in [-0.15, -0.1) is 0 Å². The summed E-state index contributed by atoms with van der Waals surface area (Å²) in [7, 11) is 0. The Morgan fingerprint density at radius 1 is 0.762 bits per heavy atom. The molecule has 0 heterocycles. The fraction of sp³-hybridized carbons (Fsp3) is 0.519. The molecule has 10 N–H and O–H groups in total. The zero-order valence-electron chi connectivity index (χ0n) is 24.1. The summed E-state index contributed by atoms with van der Waals surface area (Å²) in [5.41, 5.74) is 11.5. The molecule has 0 saturated carbocycles. The molecule has 0 radical (unpaired) electrons. The van der Waals surface area contributed by atoms with Crippen LogP contribution in [0.2, 0.25) is 0 Å². The first-order valence-electron chi connectivity index (χ1n) is 13.4. The Morgan fingerprint density at radius 2 is 1.31 bits per heavy atom. The maximum atomic E-state index is 12.9. The van der Waals surface area contributed by atoms with Crippen molar-refractivity contribution in [1.82, 2.24) is 26.6 Å². The highest BCUT2D eigenvalue weighted by molar-refractivity contribution is 5.95. The molecule has 0 unspecified atom stereocenters. The second kappa shape index (κ2) is 17.3. The number of benzene rings is 1. The molecule has 0 aromatic heterocycles. The first kappa shape index (κ1) is 35.5. The predicted octanol–water partition coefficient (Wildman–Crippen LogP) is -2.34. The standard InChI is InChI=1S/C27H41N7O8/c1-14(2)10-20(27(41)42)34-24(38)16(4)32-23(37)15(3)31-22(36)13-30-26(40)19(11-17-8-6-5-7-9-17)33-25(39)18(28)12-21(29)35/h5-9,14-16,18-20H,10-13,28H2,1-4H3,(H2,29,35)(H,30,40)(H,31,36)(H,32,37)(H,33,39)(H,34,38)(H,41,42)/t15-,16-,18-,19-,20-/m0/s1. The van der Waals surface area contributed by atoms with E-state index in [0.717, 1.165) is 0 Å². The minimum absolute atomic E-state index is 0.0105. The summed E-state index contributed by atoms with van der Waals surface area (Å²) in [5.74, 6) is -5.63. The SMILES string of the molecule is CC(C)C[C@H](NC(=O)[C@H](C)NC(=O)[C@H](C)NC(=O)CNC(=O)[C@H](Cc1ccccc1)NC(=O)[C@@H](N)CC(N)=O)C(=O)O. The van der Waals surface area contributed by atoms with Crippen LogP contribution >= 0.6 is 0 Å². The number of carboxylic acid groups (broad SMARTS) is 1. The van der Waals surface area contributed by atoms with Crippen molar-refractivity contribution in [1.29, 1.82) is 0 Å². The van der Waals surface area contributed by atoms with Gasteiger partial charge in [0.25, 0.3) is 0 Å². The van der Waals surface area contributed by atoms with E-state index in [1.54, 1.807) is 30.3 Å². The summed E-state index contributed by atoms with van der Waals surface area (Å²) in [4.78, 5) is 85.1. The monoisotopic (exact) mass is 591 g/mol. The Balaban J connectivity index is 2.70. The fourth-order valence-electron chi connectivity index (χ4n) is 3.69. The van der Waals surface area contributed by atoms with Crippen LogP contribution in [0.25, 0.3) is 0 Å². The van der Waals surface area contributed by atoms with Gasteiger partial charge in [-0.2, -0.15) is 0 Å². The number of hydrogen-bond donors (Lipinski definition) is 8. The maximum Gasteiger partial charge on any atom is 0.326 e. The first-order chi connectivity index (χ1) is 19.6. The van der Waals surface area contributed by atoms with Crippen molar-refractivity contribution in [3.8, 4) is 0 Å². The average Bonchev–Trinajstić information content (AvgIpc) is 2.90. The zero-order chi connectivity index (χ0) is 32.0. The summed E-state index contributed by atoms with van der Waals surface area (Å²) >= 11 is 0. The van der Waals surface area contributed by atoms with Crippen LogP contribution in [0.4, 0.5) is 0 Å². The molecule has 0 spiro atoms. The normalized spacial score (nSPS) is 14.3. The Hall–Kier alpha value is -4.53. The largest absolute Gasteiger partial charge is 0.480 e. The number of carbonyl (C=O) groups excluding carboxylic acids is 6. The number of hydrogen-bond acceptors (Lipinski definition) is 8. The lowest BCUT2D eigenvalue weighted by Crippen LogP contribution is -2.56. The smallest absolute Gasteiger partial charge is 0.326 e. The first-order valence-corrected chi connectivity index (χ1v) is 13.4. The van der Waals surface area contributed by atoms with Gasteiger partial charge in [-0.05, 0) is 31.7 Å². The van der Waals surface area contributed by atoms with Crippen LogP contribution in [0.1, 0.15) is 46.1 Å². The van der Waals surface area contributed by atoms with Crippen LogP contribution < -0.4 is 38.1 Å². The van der Waals surface area contributed by atoms with Gasteiger partial charge in [0.1, 0.15) is 24.2 Å². The van der Waals surface area contributed by atoms with Gasteiger partial charge in [-0.25, -0.2) is 4.79 Å². The lowest BCUT2D eigenvalue weighted by atomic mass is 10.0. The molecule has 1 aromatic rings. The third-order valence-corrected chi connectivity index (χ3v) is 5.94. The lowest BCUT2D eigenvalue weighted by Gasteiger charge is -2.22. The number of nitrogens with one attached hydrogen (secondary N) is 5. The Morgan fingerprint density at radius 3 is 1.86 bits per heavy atom. The van der Waals surface area contributed by atoms with Crippen molar-refractivity contribution in [2.24, 2.45) is 17.4 Å². The van der Waals surface area contributed by atoms with Gasteiger partial charge >= 0.3 is 5.97 Å². The summed E-state index contributed by atoms with van der Waals surface area (Å²) < 4.78 is 0. The Kier molecular flexibility index (Phi) is 14.6. The van der Waals surface area contributed by atoms with Crippen LogP contribution in [-0.2, 0) is 40.0 Å². The van der Waals surface area contributed by atoms with E-state index in [-0.39, 0.29) is 18.8 Å². The van der Waals surface area contributed by atoms with Crippen molar-refractivity contribution in [3.05, 3.63) is 35.9 Å². The van der Waals surface area contributed by atoms with Gasteiger partial charge in [-0.3, -0.25) is 28.8 Å². The third kappa shape index (κ3) is 13.2. The molecule has 0 bridgehead atoms. The molecule has 0 fully saturated rings. The number of nitrogens with two attached hydrogens (primary N) is 2. The quantitative estimate of drug-likeness (QED) is 0.0964. The van der Waals surface area contributed by atoms with E-state index in [2.05, 4.69) is 26.6 Å². The number of carboxylic acids is 1. The predicted molar refractivity (Wildman–Crippen MR) is 151 cm³/mol. The minimum atomic E-state index is -1.27. The number of rotatable bonds is 17. The van der Waals surface area contributed by atoms with E-state index in [0.29, 0.717) is 5.56 Å². The maximum absolute atomic E-state index is 12.9. The highest BCUT2D eigenvalue weighted by atomic mass is 16.4. The molecule has 0 saturated heterocycles. The molecule has 5 atom stereocenters. The molecule has 42 heavy (non-hydrogen) atoms. The molecule has 6 amide bonds. The van der Waals surface area contributed by atoms with Crippen LogP contribution in [0.5, 0.6) is 0 Å². The van der Waals surface area contributed by atoms with Crippen molar-refractivity contribution < 1.29 is 38.7 Å². The van der Waals surface area contributed by atoms with E-state index in [9.17, 15) is 38.7 Å². The van der Waals surface area contributed by atoms with Gasteiger partial charge < -0.3 is 43.2 Å². The molecule has 0 aliphatic carbocycles. The zero-order valence-corrected chi connectivity index (χ0v) is 24.1. The molecular weight excluding hydrogens is 550 g/mol. The molecular formula is C27H41N7O8. The Labute approximate surface area is 243 Å². The minimum Gasteiger partial charge on any atom is -0.480 e. The number of amides is 6. The Bertz CT molecular complexity index is 1130. The topological polar surface area (TPSA) is 252 Å². The van der Waals surface area contributed by atoms with Crippen LogP contribution in [0, 0.1) is 5.92 Å². The van der Waals surface area contributed by atoms with Crippen LogP contribution in [0.15, 0.2) is 30.3 Å². The molecule has 232 valence electrons. The van der Waals surface area contributed by atoms with Crippen molar-refractivity contribution in [3.63, 3.8) is 0 Å². The van der Waals surface area contributed by atoms with Crippen LogP contribution in [-0.4, -0.2) is 83.3 Å². The van der Waals surface area contributed by atoms with Crippen LogP contribution in [0.3, 0.4) is 0 Å². The summed E-state index contributed by atoms with van der Waals surface area (Å²) in [5, 5.41) is 21.3. The van der Waals surface area contributed by atoms with E-state index in [1.807, 2.05) is 13.8 Å². The third-order valence-electron chi connectivity index (χ3n) is 5.94. The molecule has 1 aromatic carbocycles. The van der Waals surface area contributed by atoms with Crippen molar-refractivity contribution in [2.45, 2.75) is 77.2 Å². The number of primary amides is 1. The van der Waals surface area contributed by atoms with Gasteiger partial charge in [0.05, 0.1) is 19.0 Å². The fourth-order valence-corrected chi connectivity index (χ4v) is 3.69. The number of aliphatic carboxylic acids is 1. The second-order valence-corrected chi connectivity index (χ2v) is 10.3. The highest BCUT2D eigenvalue weighted by Gasteiger charge is 2.28. The van der Waals surface area contributed by atoms with Crippen molar-refractivity contribution >= 4 is 41.4 Å². The summed E-state index contributed by atoms with van der Waals surface area (Å²) in [6.07, 6.45) is -0.162. The van der Waals surface area contributed by atoms with Gasteiger partial charge in [0, 0.05) is 6.42 Å². The van der Waals surface area contributed by atoms with Gasteiger partial charge in [-0.1, -0.05) is 44.2 Å². The average molecular weight is 592 g/mol. The van der Waals surface area contributed by atoms with Crippen molar-refractivity contribution in [2.75, 3.05) is 6.54 Å². The van der Waals surface area contributed by atoms with Gasteiger partial charge in [0.2, 0.25) is 35.4 Å². The lowest BCUT2D eigenvalue weighted by molar-refractivity contribution is -0.142. The molecule has 0 aliphatic rings.